The van der Waals surface area contributed by atoms with Crippen LogP contribution in [-0.4, -0.2) is 19.4 Å². The van der Waals surface area contributed by atoms with Crippen molar-refractivity contribution >= 4 is 55.5 Å². The van der Waals surface area contributed by atoms with E-state index >= 15 is 0 Å². The molecule has 0 aliphatic carbocycles. The highest BCUT2D eigenvalue weighted by atomic mass is 35.5. The fourth-order valence-electron chi connectivity index (χ4n) is 2.53. The predicted octanol–water partition coefficient (Wildman–Crippen LogP) is 5.76. The monoisotopic (exact) mass is 523 g/mol. The topological polar surface area (TPSA) is 88.2 Å². The molecule has 0 saturated heterocycles. The number of nitrogens with zero attached hydrogens (tertiary/aromatic N) is 1. The van der Waals surface area contributed by atoms with Crippen LogP contribution in [0.15, 0.2) is 52.7 Å². The number of hydrogen-bond donors (Lipinski definition) is 2. The summed E-state index contributed by atoms with van der Waals surface area (Å²) in [5.41, 5.74) is -0.0739. The molecular weight excluding hydrogens is 510 g/mol. The van der Waals surface area contributed by atoms with Gasteiger partial charge in [-0.15, -0.1) is 11.3 Å². The molecule has 0 aliphatic heterocycles. The van der Waals surface area contributed by atoms with Gasteiger partial charge in [-0.25, -0.2) is 18.2 Å². The van der Waals surface area contributed by atoms with E-state index in [2.05, 4.69) is 15.6 Å². The highest BCUT2D eigenvalue weighted by molar-refractivity contribution is 7.90. The number of anilines is 1. The zero-order valence-corrected chi connectivity index (χ0v) is 19.1. The number of sulfone groups is 1. The van der Waals surface area contributed by atoms with Crippen LogP contribution in [-0.2, 0) is 28.3 Å². The zero-order valence-electron chi connectivity index (χ0n) is 15.9. The summed E-state index contributed by atoms with van der Waals surface area (Å²) in [4.78, 5) is 15.8. The van der Waals surface area contributed by atoms with Gasteiger partial charge in [0.2, 0.25) is 0 Å². The molecule has 1 heterocycles. The van der Waals surface area contributed by atoms with Crippen molar-refractivity contribution in [1.29, 1.82) is 0 Å². The largest absolute Gasteiger partial charge is 0.416 e. The van der Waals surface area contributed by atoms with Crippen molar-refractivity contribution in [2.75, 3.05) is 5.32 Å². The summed E-state index contributed by atoms with van der Waals surface area (Å²) < 4.78 is 62.9. The van der Waals surface area contributed by atoms with Crippen molar-refractivity contribution in [3.05, 3.63) is 74.7 Å². The summed E-state index contributed by atoms with van der Waals surface area (Å²) >= 11 is 12.8. The van der Waals surface area contributed by atoms with Gasteiger partial charge in [-0.3, -0.25) is 5.32 Å². The smallest absolute Gasteiger partial charge is 0.334 e. The lowest BCUT2D eigenvalue weighted by atomic mass is 10.2. The molecule has 0 unspecified atom stereocenters. The first-order valence-electron chi connectivity index (χ1n) is 8.77. The van der Waals surface area contributed by atoms with Crippen LogP contribution in [0.5, 0.6) is 0 Å². The minimum atomic E-state index is -4.56. The summed E-state index contributed by atoms with van der Waals surface area (Å²) in [5, 5.41) is 7.43. The van der Waals surface area contributed by atoms with E-state index in [-0.39, 0.29) is 22.3 Å². The molecule has 3 aromatic rings. The molecule has 13 heteroatoms. The molecule has 0 fully saturated rings. The zero-order chi connectivity index (χ0) is 23.5. The Bertz CT molecular complexity index is 1230. The number of alkyl halides is 3. The number of aromatic nitrogens is 1. The molecule has 0 aliphatic rings. The first-order chi connectivity index (χ1) is 14.9. The third-order valence-corrected chi connectivity index (χ3v) is 7.30. The lowest BCUT2D eigenvalue weighted by Crippen LogP contribution is -2.28. The number of urea groups is 1. The van der Waals surface area contributed by atoms with Crippen molar-refractivity contribution in [3.63, 3.8) is 0 Å². The fraction of sp³-hybridized carbons (Fsp3) is 0.158. The Morgan fingerprint density at radius 1 is 1.06 bits per heavy atom. The van der Waals surface area contributed by atoms with Gasteiger partial charge in [-0.05, 0) is 42.0 Å². The molecule has 6 nitrogen and oxygen atoms in total. The summed E-state index contributed by atoms with van der Waals surface area (Å²) in [6.45, 7) is 0.170. The average Bonchev–Trinajstić information content (AvgIpc) is 3.14. The van der Waals surface area contributed by atoms with Crippen LogP contribution in [0.25, 0.3) is 0 Å². The van der Waals surface area contributed by atoms with Gasteiger partial charge in [-0.1, -0.05) is 29.3 Å². The molecule has 32 heavy (non-hydrogen) atoms. The van der Waals surface area contributed by atoms with Gasteiger partial charge in [0.1, 0.15) is 0 Å². The molecule has 0 radical (unpaired) electrons. The molecule has 0 spiro atoms. The van der Waals surface area contributed by atoms with E-state index in [1.165, 1.54) is 5.38 Å². The number of nitrogens with one attached hydrogen (secondary N) is 2. The number of carbonyl (C=O) groups excluding carboxylic acids is 1. The number of hydrogen-bond acceptors (Lipinski definition) is 5. The Morgan fingerprint density at radius 2 is 1.75 bits per heavy atom. The number of amides is 2. The standard InChI is InChI=1S/C19H14Cl2F3N3O3S2/c20-15-6-1-11(7-16(15)21)8-25-17(28)27-18-26-13(9-31-18)10-32(29,30)14-4-2-12(3-5-14)19(22,23)24/h1-7,9H,8,10H2,(H2,25,26,27,28). The van der Waals surface area contributed by atoms with E-state index in [1.54, 1.807) is 18.2 Å². The molecule has 1 aromatic heterocycles. The molecule has 0 bridgehead atoms. The van der Waals surface area contributed by atoms with Crippen LogP contribution in [0, 0.1) is 0 Å². The van der Waals surface area contributed by atoms with Gasteiger partial charge < -0.3 is 5.32 Å². The van der Waals surface area contributed by atoms with Gasteiger partial charge in [0.25, 0.3) is 0 Å². The first kappa shape index (κ1) is 24.3. The van der Waals surface area contributed by atoms with Crippen molar-refractivity contribution in [2.45, 2.75) is 23.4 Å². The van der Waals surface area contributed by atoms with E-state index in [1.807, 2.05) is 0 Å². The lowest BCUT2D eigenvalue weighted by molar-refractivity contribution is -0.137. The van der Waals surface area contributed by atoms with Crippen LogP contribution in [0.2, 0.25) is 10.0 Å². The summed E-state index contributed by atoms with van der Waals surface area (Å²) in [7, 11) is -3.92. The van der Waals surface area contributed by atoms with E-state index in [0.717, 1.165) is 29.0 Å². The number of halogens is 5. The Balaban J connectivity index is 1.58. The van der Waals surface area contributed by atoms with Crippen molar-refractivity contribution in [2.24, 2.45) is 0 Å². The predicted molar refractivity (Wildman–Crippen MR) is 117 cm³/mol. The molecule has 170 valence electrons. The second-order valence-electron chi connectivity index (χ2n) is 6.48. The van der Waals surface area contributed by atoms with Crippen molar-refractivity contribution in [3.8, 4) is 0 Å². The van der Waals surface area contributed by atoms with Crippen molar-refractivity contribution < 1.29 is 26.4 Å². The second-order valence-corrected chi connectivity index (χ2v) is 10.1. The normalized spacial score (nSPS) is 11.9. The van der Waals surface area contributed by atoms with Gasteiger partial charge in [0, 0.05) is 11.9 Å². The third kappa shape index (κ3) is 6.35. The maximum atomic E-state index is 12.6. The summed E-state index contributed by atoms with van der Waals surface area (Å²) in [5.74, 6) is -0.526. The third-order valence-electron chi connectivity index (χ3n) is 4.09. The quantitative estimate of drug-likeness (QED) is 0.429. The molecule has 0 atom stereocenters. The van der Waals surface area contributed by atoms with Gasteiger partial charge in [0.15, 0.2) is 15.0 Å². The van der Waals surface area contributed by atoms with Gasteiger partial charge >= 0.3 is 12.2 Å². The van der Waals surface area contributed by atoms with Crippen LogP contribution in [0.3, 0.4) is 0 Å². The summed E-state index contributed by atoms with van der Waals surface area (Å²) in [6.07, 6.45) is -4.56. The number of carbonyl (C=O) groups is 1. The second kappa shape index (κ2) is 9.65. The molecule has 3 rings (SSSR count). The first-order valence-corrected chi connectivity index (χ1v) is 12.1. The molecule has 0 saturated carbocycles. The van der Waals surface area contributed by atoms with Crippen LogP contribution in [0.1, 0.15) is 16.8 Å². The molecular formula is C19H14Cl2F3N3O3S2. The SMILES string of the molecule is O=C(NCc1ccc(Cl)c(Cl)c1)Nc1nc(CS(=O)(=O)c2ccc(C(F)(F)F)cc2)cs1. The van der Waals surface area contributed by atoms with Crippen LogP contribution in [0.4, 0.5) is 23.1 Å². The lowest BCUT2D eigenvalue weighted by Gasteiger charge is -2.08. The minimum absolute atomic E-state index is 0.148. The minimum Gasteiger partial charge on any atom is -0.334 e. The van der Waals surface area contributed by atoms with Gasteiger partial charge in [-0.2, -0.15) is 13.2 Å². The number of thiazole rings is 1. The van der Waals surface area contributed by atoms with Crippen LogP contribution < -0.4 is 10.6 Å². The van der Waals surface area contributed by atoms with E-state index < -0.39 is 33.4 Å². The van der Waals surface area contributed by atoms with Gasteiger partial charge in [0.05, 0.1) is 32.0 Å². The molecule has 2 aromatic carbocycles. The molecule has 2 amide bonds. The molecule has 2 N–H and O–H groups in total. The summed E-state index contributed by atoms with van der Waals surface area (Å²) in [6, 6.07) is 7.56. The number of rotatable bonds is 6. The maximum absolute atomic E-state index is 12.6. The van der Waals surface area contributed by atoms with Crippen molar-refractivity contribution in [1.82, 2.24) is 10.3 Å². The fourth-order valence-corrected chi connectivity index (χ4v) is 4.92. The maximum Gasteiger partial charge on any atom is 0.416 e. The Kier molecular flexibility index (Phi) is 7.33. The highest BCUT2D eigenvalue weighted by Gasteiger charge is 2.30. The number of benzene rings is 2. The average molecular weight is 524 g/mol. The van der Waals surface area contributed by atoms with E-state index in [9.17, 15) is 26.4 Å². The Morgan fingerprint density at radius 3 is 2.38 bits per heavy atom. The Labute approximate surface area is 195 Å². The Hall–Kier alpha value is -2.34. The van der Waals surface area contributed by atoms with E-state index in [0.29, 0.717) is 22.2 Å². The van der Waals surface area contributed by atoms with Crippen LogP contribution >= 0.6 is 34.5 Å². The highest BCUT2D eigenvalue weighted by Crippen LogP contribution is 2.30. The van der Waals surface area contributed by atoms with E-state index in [4.69, 9.17) is 23.2 Å².